The Labute approximate surface area is 142 Å². The minimum Gasteiger partial charge on any atom is -0.444 e. The van der Waals surface area contributed by atoms with Crippen LogP contribution in [-0.4, -0.2) is 12.8 Å². The van der Waals surface area contributed by atoms with Crippen LogP contribution >= 0.6 is 0 Å². The van der Waals surface area contributed by atoms with Gasteiger partial charge >= 0.3 is 5.63 Å². The van der Waals surface area contributed by atoms with Crippen LogP contribution in [0.1, 0.15) is 55.7 Å². The van der Waals surface area contributed by atoms with Crippen LogP contribution in [0, 0.1) is 6.92 Å². The van der Waals surface area contributed by atoms with E-state index in [2.05, 4.69) is 13.0 Å². The monoisotopic (exact) mass is 328 g/mol. The molecule has 2 heterocycles. The zero-order chi connectivity index (χ0) is 16.7. The predicted molar refractivity (Wildman–Crippen MR) is 93.6 cm³/mol. The van der Waals surface area contributed by atoms with Crippen molar-refractivity contribution in [2.24, 2.45) is 0 Å². The number of fused-ring (bicyclic) bond motifs is 2. The molecule has 1 aliphatic carbocycles. The van der Waals surface area contributed by atoms with E-state index in [1.165, 1.54) is 31.2 Å². The largest absolute Gasteiger partial charge is 0.444 e. The predicted octanol–water partition coefficient (Wildman–Crippen LogP) is 2.73. The van der Waals surface area contributed by atoms with Crippen molar-refractivity contribution >= 4 is 11.0 Å². The second-order valence-corrected chi connectivity index (χ2v) is 7.31. The summed E-state index contributed by atoms with van der Waals surface area (Å²) in [5.41, 5.74) is 3.78. The molecular weight excluding hydrogens is 302 g/mol. The summed E-state index contributed by atoms with van der Waals surface area (Å²) in [6.07, 6.45) is 7.26. The van der Waals surface area contributed by atoms with E-state index in [1.807, 2.05) is 6.92 Å². The lowest BCUT2D eigenvalue weighted by atomic mass is 9.98. The lowest BCUT2D eigenvalue weighted by Gasteiger charge is -2.31. The van der Waals surface area contributed by atoms with Crippen molar-refractivity contribution in [3.05, 3.63) is 39.2 Å². The van der Waals surface area contributed by atoms with Crippen LogP contribution in [0.3, 0.4) is 0 Å². The molecule has 0 spiro atoms. The number of hydrogen-bond donors (Lipinski definition) is 1. The molecule has 24 heavy (non-hydrogen) atoms. The summed E-state index contributed by atoms with van der Waals surface area (Å²) < 4.78 is 11.7. The highest BCUT2D eigenvalue weighted by molar-refractivity contribution is 5.86. The number of aryl methyl sites for hydroxylation is 2. The number of benzene rings is 1. The highest BCUT2D eigenvalue weighted by Crippen LogP contribution is 2.34. The molecule has 1 fully saturated rings. The van der Waals surface area contributed by atoms with Gasteiger partial charge in [-0.1, -0.05) is 13.3 Å². The lowest BCUT2D eigenvalue weighted by Crippen LogP contribution is -3.15. The van der Waals surface area contributed by atoms with E-state index in [9.17, 15) is 4.79 Å². The summed E-state index contributed by atoms with van der Waals surface area (Å²) in [7, 11) is 0. The Morgan fingerprint density at radius 3 is 2.79 bits per heavy atom. The first-order chi connectivity index (χ1) is 11.7. The summed E-state index contributed by atoms with van der Waals surface area (Å²) in [5, 5.41) is 1.09. The summed E-state index contributed by atoms with van der Waals surface area (Å²) >= 11 is 0. The Kier molecular flexibility index (Phi) is 4.09. The molecule has 4 heteroatoms. The van der Waals surface area contributed by atoms with Gasteiger partial charge in [-0.2, -0.15) is 0 Å². The fourth-order valence-corrected chi connectivity index (χ4v) is 4.44. The molecule has 0 radical (unpaired) electrons. The van der Waals surface area contributed by atoms with Crippen molar-refractivity contribution in [1.29, 1.82) is 0 Å². The molecular formula is C20H26NO3+. The Morgan fingerprint density at radius 1 is 1.25 bits per heavy atom. The fraction of sp³-hybridized carbons (Fsp3) is 0.550. The molecule has 1 unspecified atom stereocenters. The first kappa shape index (κ1) is 15.7. The van der Waals surface area contributed by atoms with Gasteiger partial charge in [-0.25, -0.2) is 4.79 Å². The van der Waals surface area contributed by atoms with Gasteiger partial charge < -0.3 is 9.15 Å². The summed E-state index contributed by atoms with van der Waals surface area (Å²) in [5.74, 6) is 0.932. The van der Waals surface area contributed by atoms with Gasteiger partial charge in [-0.15, -0.1) is 0 Å². The van der Waals surface area contributed by atoms with E-state index in [0.717, 1.165) is 54.4 Å². The number of hydrogen-bond acceptors (Lipinski definition) is 3. The van der Waals surface area contributed by atoms with Gasteiger partial charge in [-0.3, -0.25) is 4.90 Å². The van der Waals surface area contributed by atoms with Crippen LogP contribution in [0.4, 0.5) is 0 Å². The molecule has 128 valence electrons. The second-order valence-electron chi connectivity index (χ2n) is 7.31. The second kappa shape index (κ2) is 6.25. The quantitative estimate of drug-likeness (QED) is 0.881. The van der Waals surface area contributed by atoms with Gasteiger partial charge in [0.15, 0.2) is 0 Å². The van der Waals surface area contributed by atoms with Crippen LogP contribution in [0.2, 0.25) is 0 Å². The van der Waals surface area contributed by atoms with Crippen LogP contribution in [0.15, 0.2) is 21.3 Å². The van der Waals surface area contributed by atoms with Crippen LogP contribution in [0.5, 0.6) is 5.75 Å². The maximum atomic E-state index is 11.9. The highest BCUT2D eigenvalue weighted by Gasteiger charge is 2.32. The Morgan fingerprint density at radius 2 is 2.04 bits per heavy atom. The molecule has 0 amide bonds. The zero-order valence-electron chi connectivity index (χ0n) is 14.6. The molecule has 0 saturated heterocycles. The highest BCUT2D eigenvalue weighted by atomic mass is 16.5. The molecule has 0 bridgehead atoms. The van der Waals surface area contributed by atoms with Crippen LogP contribution < -0.4 is 15.3 Å². The van der Waals surface area contributed by atoms with Gasteiger partial charge in [0.05, 0.1) is 6.04 Å². The van der Waals surface area contributed by atoms with Gasteiger partial charge in [-0.05, 0) is 50.7 Å². The molecule has 1 aromatic heterocycles. The number of ether oxygens (including phenoxy) is 1. The molecule has 1 saturated carbocycles. The Hall–Kier alpha value is -1.81. The van der Waals surface area contributed by atoms with E-state index in [4.69, 9.17) is 9.15 Å². The summed E-state index contributed by atoms with van der Waals surface area (Å²) in [6, 6.07) is 4.60. The standard InChI is InChI=1S/C20H25NO3/c1-3-6-14-10-18(22)24-20-13(2)19-15(9-17(14)20)11-21(12-23-19)16-7-4-5-8-16/h9-10,16H,3-8,11-12H2,1-2H3/p+1. The smallest absolute Gasteiger partial charge is 0.336 e. The molecule has 1 N–H and O–H groups in total. The van der Waals surface area contributed by atoms with E-state index < -0.39 is 0 Å². The van der Waals surface area contributed by atoms with Crippen molar-refractivity contribution in [3.8, 4) is 5.75 Å². The maximum Gasteiger partial charge on any atom is 0.336 e. The average molecular weight is 328 g/mol. The van der Waals surface area contributed by atoms with Gasteiger partial charge in [0.2, 0.25) is 6.73 Å². The number of quaternary nitrogens is 1. The van der Waals surface area contributed by atoms with Crippen molar-refractivity contribution in [3.63, 3.8) is 0 Å². The number of nitrogens with one attached hydrogen (secondary N) is 1. The third-order valence-electron chi connectivity index (χ3n) is 5.65. The van der Waals surface area contributed by atoms with Gasteiger partial charge in [0.25, 0.3) is 0 Å². The molecule has 2 aliphatic rings. The Balaban J connectivity index is 1.80. The number of rotatable bonds is 3. The maximum absolute atomic E-state index is 11.9. The topological polar surface area (TPSA) is 43.9 Å². The van der Waals surface area contributed by atoms with Gasteiger partial charge in [0.1, 0.15) is 17.9 Å². The third kappa shape index (κ3) is 2.63. The van der Waals surface area contributed by atoms with E-state index in [-0.39, 0.29) is 5.63 Å². The van der Waals surface area contributed by atoms with E-state index in [0.29, 0.717) is 5.58 Å². The van der Waals surface area contributed by atoms with E-state index in [1.54, 1.807) is 11.0 Å². The zero-order valence-corrected chi connectivity index (χ0v) is 14.6. The molecule has 2 aromatic rings. The molecule has 1 aliphatic heterocycles. The summed E-state index contributed by atoms with van der Waals surface area (Å²) in [4.78, 5) is 13.5. The normalized spacial score (nSPS) is 21.0. The third-order valence-corrected chi connectivity index (χ3v) is 5.65. The lowest BCUT2D eigenvalue weighted by molar-refractivity contribution is -0.955. The molecule has 1 atom stereocenters. The van der Waals surface area contributed by atoms with Crippen molar-refractivity contribution in [1.82, 2.24) is 0 Å². The minimum absolute atomic E-state index is 0.261. The first-order valence-electron chi connectivity index (χ1n) is 9.24. The van der Waals surface area contributed by atoms with Crippen LogP contribution in [-0.2, 0) is 13.0 Å². The Bertz CT molecular complexity index is 818. The van der Waals surface area contributed by atoms with E-state index >= 15 is 0 Å². The minimum atomic E-state index is -0.261. The van der Waals surface area contributed by atoms with Gasteiger partial charge in [0, 0.05) is 22.6 Å². The average Bonchev–Trinajstić information content (AvgIpc) is 3.10. The molecule has 4 nitrogen and oxygen atoms in total. The molecule has 1 aromatic carbocycles. The van der Waals surface area contributed by atoms with Crippen molar-refractivity contribution in [2.45, 2.75) is 65.0 Å². The SMILES string of the molecule is CCCc1cc(=O)oc2c(C)c3c(cc12)C[NH+](C1CCCC1)CO3. The fourth-order valence-electron chi connectivity index (χ4n) is 4.44. The summed E-state index contributed by atoms with van der Waals surface area (Å²) in [6.45, 7) is 5.89. The molecule has 4 rings (SSSR count). The van der Waals surface area contributed by atoms with Crippen LogP contribution in [0.25, 0.3) is 11.0 Å². The van der Waals surface area contributed by atoms with Crippen molar-refractivity contribution < 1.29 is 14.1 Å². The first-order valence-corrected chi connectivity index (χ1v) is 9.24. The van der Waals surface area contributed by atoms with Crippen molar-refractivity contribution in [2.75, 3.05) is 6.73 Å².